The molecule has 0 radical (unpaired) electrons. The molecule has 3 rings (SSSR count). The van der Waals surface area contributed by atoms with Gasteiger partial charge in [0.1, 0.15) is 12.4 Å². The van der Waals surface area contributed by atoms with Gasteiger partial charge >= 0.3 is 5.97 Å². The molecule has 1 N–H and O–H groups in total. The van der Waals surface area contributed by atoms with E-state index in [0.717, 1.165) is 22.2 Å². The van der Waals surface area contributed by atoms with Gasteiger partial charge < -0.3 is 9.84 Å². The number of amides is 2. The second-order valence-electron chi connectivity index (χ2n) is 5.91. The molecule has 2 aromatic carbocycles. The van der Waals surface area contributed by atoms with Crippen LogP contribution in [0.3, 0.4) is 0 Å². The van der Waals surface area contributed by atoms with Gasteiger partial charge in [-0.1, -0.05) is 36.4 Å². The Kier molecular flexibility index (Phi) is 5.96. The van der Waals surface area contributed by atoms with E-state index in [2.05, 4.69) is 6.58 Å². The monoisotopic (exact) mass is 395 g/mol. The van der Waals surface area contributed by atoms with E-state index in [4.69, 9.17) is 9.84 Å². The van der Waals surface area contributed by atoms with E-state index in [9.17, 15) is 14.4 Å². The molecule has 0 aliphatic carbocycles. The topological polar surface area (TPSA) is 83.9 Å². The molecule has 142 valence electrons. The van der Waals surface area contributed by atoms with Gasteiger partial charge in [0.2, 0.25) is 0 Å². The molecule has 1 aliphatic rings. The van der Waals surface area contributed by atoms with Gasteiger partial charge in [-0.3, -0.25) is 14.5 Å². The van der Waals surface area contributed by atoms with E-state index < -0.39 is 5.97 Å². The van der Waals surface area contributed by atoms with Gasteiger partial charge in [-0.2, -0.15) is 0 Å². The number of benzene rings is 2. The van der Waals surface area contributed by atoms with E-state index in [1.807, 2.05) is 12.1 Å². The maximum Gasteiger partial charge on any atom is 0.335 e. The van der Waals surface area contributed by atoms with Gasteiger partial charge in [0.15, 0.2) is 0 Å². The van der Waals surface area contributed by atoms with Gasteiger partial charge in [-0.05, 0) is 41.6 Å². The molecular weight excluding hydrogens is 378 g/mol. The van der Waals surface area contributed by atoms with Crippen molar-refractivity contribution < 1.29 is 24.2 Å². The third-order valence-corrected chi connectivity index (χ3v) is 4.89. The van der Waals surface area contributed by atoms with Crippen LogP contribution in [0.5, 0.6) is 5.75 Å². The maximum absolute atomic E-state index is 12.4. The van der Waals surface area contributed by atoms with Crippen LogP contribution in [0, 0.1) is 0 Å². The number of carbonyl (C=O) groups excluding carboxylic acids is 2. The summed E-state index contributed by atoms with van der Waals surface area (Å²) < 4.78 is 5.84. The molecule has 0 bridgehead atoms. The summed E-state index contributed by atoms with van der Waals surface area (Å²) in [5.41, 5.74) is 1.69. The quantitative estimate of drug-likeness (QED) is 0.559. The van der Waals surface area contributed by atoms with Crippen LogP contribution in [0.4, 0.5) is 4.79 Å². The number of ether oxygens (including phenoxy) is 1. The normalized spacial score (nSPS) is 15.1. The number of carboxylic acids is 1. The smallest absolute Gasteiger partial charge is 0.335 e. The number of hydrogen-bond donors (Lipinski definition) is 1. The molecule has 1 fully saturated rings. The molecular formula is C21H17NO5S. The van der Waals surface area contributed by atoms with Gasteiger partial charge in [-0.25, -0.2) is 4.79 Å². The first-order valence-electron chi connectivity index (χ1n) is 8.40. The number of hydrogen-bond acceptors (Lipinski definition) is 5. The Bertz CT molecular complexity index is 965. The van der Waals surface area contributed by atoms with E-state index in [1.165, 1.54) is 18.2 Å². The fourth-order valence-corrected chi connectivity index (χ4v) is 3.40. The molecule has 6 nitrogen and oxygen atoms in total. The van der Waals surface area contributed by atoms with Crippen LogP contribution in [0.1, 0.15) is 21.5 Å². The molecule has 28 heavy (non-hydrogen) atoms. The number of rotatable bonds is 7. The average Bonchev–Trinajstić information content (AvgIpc) is 2.95. The summed E-state index contributed by atoms with van der Waals surface area (Å²) in [6.45, 7) is 3.97. The van der Waals surface area contributed by atoms with Crippen molar-refractivity contribution >= 4 is 35.0 Å². The highest BCUT2D eigenvalue weighted by Crippen LogP contribution is 2.34. The van der Waals surface area contributed by atoms with Crippen LogP contribution >= 0.6 is 11.8 Å². The molecule has 1 heterocycles. The summed E-state index contributed by atoms with van der Waals surface area (Å²) in [7, 11) is 0. The number of nitrogens with zero attached hydrogens (tertiary/aromatic N) is 1. The Morgan fingerprint density at radius 2 is 1.86 bits per heavy atom. The van der Waals surface area contributed by atoms with Crippen LogP contribution in [0.15, 0.2) is 66.1 Å². The van der Waals surface area contributed by atoms with E-state index in [0.29, 0.717) is 16.2 Å². The molecule has 0 saturated carbocycles. The summed E-state index contributed by atoms with van der Waals surface area (Å²) in [5.74, 6) is -0.780. The fraction of sp³-hybridized carbons (Fsp3) is 0.0952. The second-order valence-corrected chi connectivity index (χ2v) is 6.90. The largest absolute Gasteiger partial charge is 0.488 e. The zero-order valence-corrected chi connectivity index (χ0v) is 15.6. The lowest BCUT2D eigenvalue weighted by Gasteiger charge is -2.10. The maximum atomic E-state index is 12.4. The molecule has 0 aromatic heterocycles. The Morgan fingerprint density at radius 3 is 2.54 bits per heavy atom. The minimum Gasteiger partial charge on any atom is -0.488 e. The van der Waals surface area contributed by atoms with Crippen LogP contribution in [0.2, 0.25) is 0 Å². The lowest BCUT2D eigenvalue weighted by molar-refractivity contribution is -0.122. The molecule has 0 unspecified atom stereocenters. The minimum absolute atomic E-state index is 0.173. The van der Waals surface area contributed by atoms with E-state index in [1.54, 1.807) is 30.3 Å². The number of para-hydroxylation sites is 1. The molecule has 1 aliphatic heterocycles. The number of aromatic carboxylic acids is 1. The average molecular weight is 395 g/mol. The molecule has 0 spiro atoms. The fourth-order valence-electron chi connectivity index (χ4n) is 2.56. The van der Waals surface area contributed by atoms with Crippen molar-refractivity contribution in [2.45, 2.75) is 6.61 Å². The van der Waals surface area contributed by atoms with Crippen molar-refractivity contribution in [1.29, 1.82) is 0 Å². The highest BCUT2D eigenvalue weighted by molar-refractivity contribution is 8.18. The Hall–Kier alpha value is -3.32. The number of thioether (sulfide) groups is 1. The summed E-state index contributed by atoms with van der Waals surface area (Å²) in [5, 5.41) is 8.62. The van der Waals surface area contributed by atoms with Crippen LogP contribution in [-0.4, -0.2) is 33.7 Å². The first-order chi connectivity index (χ1) is 13.5. The summed E-state index contributed by atoms with van der Waals surface area (Å²) in [6.07, 6.45) is 3.14. The number of carboxylic acid groups (broad SMARTS) is 1. The lowest BCUT2D eigenvalue weighted by atomic mass is 10.1. The van der Waals surface area contributed by atoms with Crippen LogP contribution in [0.25, 0.3) is 6.08 Å². The molecule has 7 heteroatoms. The zero-order chi connectivity index (χ0) is 20.1. The van der Waals surface area contributed by atoms with Crippen molar-refractivity contribution in [2.24, 2.45) is 0 Å². The second kappa shape index (κ2) is 8.58. The van der Waals surface area contributed by atoms with Gasteiger partial charge in [0, 0.05) is 12.1 Å². The van der Waals surface area contributed by atoms with Gasteiger partial charge in [0.05, 0.1) is 10.5 Å². The van der Waals surface area contributed by atoms with Gasteiger partial charge in [-0.15, -0.1) is 6.58 Å². The molecule has 0 atom stereocenters. The summed E-state index contributed by atoms with van der Waals surface area (Å²) in [4.78, 5) is 36.7. The predicted octanol–water partition coefficient (Wildman–Crippen LogP) is 4.19. The Balaban J connectivity index is 1.76. The van der Waals surface area contributed by atoms with Crippen molar-refractivity contribution in [2.75, 3.05) is 6.54 Å². The third-order valence-electron chi connectivity index (χ3n) is 3.99. The van der Waals surface area contributed by atoms with Crippen molar-refractivity contribution in [3.05, 3.63) is 82.8 Å². The zero-order valence-electron chi connectivity index (χ0n) is 14.8. The van der Waals surface area contributed by atoms with E-state index in [-0.39, 0.29) is 29.9 Å². The predicted molar refractivity (Wildman–Crippen MR) is 107 cm³/mol. The standard InChI is InChI=1S/C21H17NO5S/c1-2-11-22-19(23)18(28-21(22)26)12-16-5-3-4-6-17(16)27-13-14-7-9-15(10-8-14)20(24)25/h2-10,12H,1,11,13H2,(H,24,25)/b18-12-. The van der Waals surface area contributed by atoms with Crippen molar-refractivity contribution in [3.8, 4) is 5.75 Å². The lowest BCUT2D eigenvalue weighted by Crippen LogP contribution is -2.27. The third kappa shape index (κ3) is 4.32. The first-order valence-corrected chi connectivity index (χ1v) is 9.21. The molecule has 2 aromatic rings. The molecule has 2 amide bonds. The highest BCUT2D eigenvalue weighted by atomic mass is 32.2. The molecule has 1 saturated heterocycles. The summed E-state index contributed by atoms with van der Waals surface area (Å²) in [6, 6.07) is 13.6. The summed E-state index contributed by atoms with van der Waals surface area (Å²) >= 11 is 0.884. The van der Waals surface area contributed by atoms with Crippen LogP contribution < -0.4 is 4.74 Å². The Morgan fingerprint density at radius 1 is 1.14 bits per heavy atom. The highest BCUT2D eigenvalue weighted by Gasteiger charge is 2.34. The minimum atomic E-state index is -0.983. The van der Waals surface area contributed by atoms with Crippen molar-refractivity contribution in [1.82, 2.24) is 4.90 Å². The van der Waals surface area contributed by atoms with Crippen LogP contribution in [-0.2, 0) is 11.4 Å². The van der Waals surface area contributed by atoms with Gasteiger partial charge in [0.25, 0.3) is 11.1 Å². The SMILES string of the molecule is C=CCN1C(=O)S/C(=C\c2ccccc2OCc2ccc(C(=O)O)cc2)C1=O. The van der Waals surface area contributed by atoms with Crippen molar-refractivity contribution in [3.63, 3.8) is 0 Å². The Labute approximate surface area is 166 Å². The van der Waals surface area contributed by atoms with E-state index >= 15 is 0 Å². The number of imide groups is 1. The first kappa shape index (κ1) is 19.4. The number of carbonyl (C=O) groups is 3.